The van der Waals surface area contributed by atoms with Crippen molar-refractivity contribution in [3.05, 3.63) is 107 Å². The van der Waals surface area contributed by atoms with Gasteiger partial charge in [-0.15, -0.1) is 0 Å². The van der Waals surface area contributed by atoms with E-state index in [1.807, 2.05) is 0 Å². The third kappa shape index (κ3) is 4.40. The molecule has 1 amide bonds. The molecule has 28 heavy (non-hydrogen) atoms. The van der Waals surface area contributed by atoms with E-state index in [0.29, 0.717) is 17.2 Å². The Morgan fingerprint density at radius 1 is 0.786 bits per heavy atom. The van der Waals surface area contributed by atoms with Gasteiger partial charge in [0.25, 0.3) is 5.91 Å². The van der Waals surface area contributed by atoms with Crippen molar-refractivity contribution in [3.63, 3.8) is 0 Å². The topological polar surface area (TPSA) is 66.4 Å². The van der Waals surface area contributed by atoms with Crippen LogP contribution in [0.3, 0.4) is 0 Å². The van der Waals surface area contributed by atoms with Crippen LogP contribution in [0.25, 0.3) is 0 Å². The second-order valence-electron chi connectivity index (χ2n) is 6.25. The van der Waals surface area contributed by atoms with Gasteiger partial charge < -0.3 is 10.4 Å². The molecule has 0 radical (unpaired) electrons. The SMILES string of the molecule is O=C(N[C@H](C(=O)O)C(c1ccccc1)c1ccccc1)c1cc(F)cc(F)c1. The van der Waals surface area contributed by atoms with Crippen LogP contribution in [-0.4, -0.2) is 23.0 Å². The molecular weight excluding hydrogens is 364 g/mol. The number of carbonyl (C=O) groups excluding carboxylic acids is 1. The number of carboxylic acid groups (broad SMARTS) is 1. The van der Waals surface area contributed by atoms with E-state index in [-0.39, 0.29) is 5.56 Å². The van der Waals surface area contributed by atoms with Gasteiger partial charge >= 0.3 is 5.97 Å². The third-order valence-corrected chi connectivity index (χ3v) is 4.33. The first kappa shape index (κ1) is 19.2. The maximum absolute atomic E-state index is 13.4. The molecule has 0 spiro atoms. The molecule has 4 nitrogen and oxygen atoms in total. The summed E-state index contributed by atoms with van der Waals surface area (Å²) in [6.45, 7) is 0. The maximum atomic E-state index is 13.4. The molecule has 0 bridgehead atoms. The van der Waals surface area contributed by atoms with Crippen molar-refractivity contribution < 1.29 is 23.5 Å². The van der Waals surface area contributed by atoms with Crippen molar-refractivity contribution in [1.82, 2.24) is 5.32 Å². The van der Waals surface area contributed by atoms with Gasteiger partial charge in [0, 0.05) is 17.5 Å². The average molecular weight is 381 g/mol. The lowest BCUT2D eigenvalue weighted by molar-refractivity contribution is -0.139. The van der Waals surface area contributed by atoms with Crippen LogP contribution in [0, 0.1) is 11.6 Å². The molecule has 0 aromatic heterocycles. The van der Waals surface area contributed by atoms with E-state index < -0.39 is 35.5 Å². The second kappa shape index (κ2) is 8.43. The first-order chi connectivity index (χ1) is 13.5. The Bertz CT molecular complexity index is 918. The van der Waals surface area contributed by atoms with Crippen molar-refractivity contribution in [2.75, 3.05) is 0 Å². The molecule has 2 N–H and O–H groups in total. The Morgan fingerprint density at radius 3 is 1.68 bits per heavy atom. The smallest absolute Gasteiger partial charge is 0.327 e. The van der Waals surface area contributed by atoms with E-state index in [9.17, 15) is 23.5 Å². The minimum absolute atomic E-state index is 0.288. The fourth-order valence-electron chi connectivity index (χ4n) is 3.10. The number of hydrogen-bond acceptors (Lipinski definition) is 2. The molecule has 0 unspecified atom stereocenters. The number of carbonyl (C=O) groups is 2. The third-order valence-electron chi connectivity index (χ3n) is 4.33. The monoisotopic (exact) mass is 381 g/mol. The molecule has 3 aromatic carbocycles. The van der Waals surface area contributed by atoms with Crippen LogP contribution >= 0.6 is 0 Å². The summed E-state index contributed by atoms with van der Waals surface area (Å²) in [6, 6.07) is 18.8. The Balaban J connectivity index is 2.00. The van der Waals surface area contributed by atoms with E-state index in [1.54, 1.807) is 60.7 Å². The molecule has 0 saturated carbocycles. The van der Waals surface area contributed by atoms with E-state index in [2.05, 4.69) is 5.32 Å². The number of benzene rings is 3. The van der Waals surface area contributed by atoms with Gasteiger partial charge in [-0.3, -0.25) is 4.79 Å². The van der Waals surface area contributed by atoms with Crippen molar-refractivity contribution in [2.45, 2.75) is 12.0 Å². The van der Waals surface area contributed by atoms with Crippen molar-refractivity contribution in [3.8, 4) is 0 Å². The predicted molar refractivity (Wildman–Crippen MR) is 100.0 cm³/mol. The summed E-state index contributed by atoms with van der Waals surface area (Å²) in [5, 5.41) is 12.2. The van der Waals surface area contributed by atoms with Crippen LogP contribution in [0.4, 0.5) is 8.78 Å². The molecule has 0 heterocycles. The highest BCUT2D eigenvalue weighted by Gasteiger charge is 2.32. The van der Waals surface area contributed by atoms with Gasteiger partial charge in [0.15, 0.2) is 0 Å². The summed E-state index contributed by atoms with van der Waals surface area (Å²) in [5.74, 6) is -4.66. The minimum atomic E-state index is -1.34. The summed E-state index contributed by atoms with van der Waals surface area (Å²) < 4.78 is 26.9. The number of halogens is 2. The fraction of sp³-hybridized carbons (Fsp3) is 0.0909. The number of amides is 1. The Kier molecular flexibility index (Phi) is 5.79. The molecule has 142 valence electrons. The largest absolute Gasteiger partial charge is 0.480 e. The van der Waals surface area contributed by atoms with E-state index in [1.165, 1.54) is 0 Å². The average Bonchev–Trinajstić information content (AvgIpc) is 2.68. The highest BCUT2D eigenvalue weighted by atomic mass is 19.1. The van der Waals surface area contributed by atoms with Gasteiger partial charge in [0.2, 0.25) is 0 Å². The highest BCUT2D eigenvalue weighted by molar-refractivity contribution is 5.97. The Labute approximate surface area is 160 Å². The number of nitrogens with one attached hydrogen (secondary N) is 1. The zero-order chi connectivity index (χ0) is 20.1. The van der Waals surface area contributed by atoms with E-state index in [0.717, 1.165) is 12.1 Å². The summed E-state index contributed by atoms with van der Waals surface area (Å²) in [4.78, 5) is 24.5. The molecule has 0 saturated heterocycles. The number of aliphatic carboxylic acids is 1. The van der Waals surface area contributed by atoms with Crippen LogP contribution in [0.2, 0.25) is 0 Å². The second-order valence-corrected chi connectivity index (χ2v) is 6.25. The summed E-state index contributed by atoms with van der Waals surface area (Å²) in [6.07, 6.45) is 0. The molecule has 3 aromatic rings. The van der Waals surface area contributed by atoms with Gasteiger partial charge in [0.05, 0.1) is 0 Å². The lowest BCUT2D eigenvalue weighted by Gasteiger charge is -2.26. The lowest BCUT2D eigenvalue weighted by atomic mass is 9.85. The standard InChI is InChI=1S/C22H17F2NO3/c23-17-11-16(12-18(24)13-17)21(26)25-20(22(27)28)19(14-7-3-1-4-8-14)15-9-5-2-6-10-15/h1-13,19-20H,(H,25,26)(H,27,28)/t20-/m0/s1. The molecular formula is C22H17F2NO3. The van der Waals surface area contributed by atoms with Crippen molar-refractivity contribution in [2.24, 2.45) is 0 Å². The Morgan fingerprint density at radius 2 is 1.25 bits per heavy atom. The molecule has 0 aliphatic rings. The van der Waals surface area contributed by atoms with Gasteiger partial charge in [0.1, 0.15) is 17.7 Å². The summed E-state index contributed by atoms with van der Waals surface area (Å²) in [7, 11) is 0. The van der Waals surface area contributed by atoms with Crippen LogP contribution in [0.15, 0.2) is 78.9 Å². The zero-order valence-corrected chi connectivity index (χ0v) is 14.7. The van der Waals surface area contributed by atoms with Crippen LogP contribution in [0.5, 0.6) is 0 Å². The van der Waals surface area contributed by atoms with Crippen LogP contribution < -0.4 is 5.32 Å². The van der Waals surface area contributed by atoms with Gasteiger partial charge in [-0.25, -0.2) is 13.6 Å². The molecule has 0 fully saturated rings. The first-order valence-electron chi connectivity index (χ1n) is 8.55. The first-order valence-corrected chi connectivity index (χ1v) is 8.55. The fourth-order valence-corrected chi connectivity index (χ4v) is 3.10. The molecule has 1 atom stereocenters. The van der Waals surface area contributed by atoms with Crippen molar-refractivity contribution >= 4 is 11.9 Å². The minimum Gasteiger partial charge on any atom is -0.480 e. The van der Waals surface area contributed by atoms with Gasteiger partial charge in [-0.1, -0.05) is 60.7 Å². The normalized spacial score (nSPS) is 11.8. The quantitative estimate of drug-likeness (QED) is 0.679. The van der Waals surface area contributed by atoms with Crippen LogP contribution in [-0.2, 0) is 4.79 Å². The van der Waals surface area contributed by atoms with Gasteiger partial charge in [-0.05, 0) is 23.3 Å². The summed E-state index contributed by atoms with van der Waals surface area (Å²) >= 11 is 0. The number of carboxylic acids is 1. The lowest BCUT2D eigenvalue weighted by Crippen LogP contribution is -2.45. The molecule has 0 aliphatic heterocycles. The van der Waals surface area contributed by atoms with E-state index in [4.69, 9.17) is 0 Å². The summed E-state index contributed by atoms with van der Waals surface area (Å²) in [5.41, 5.74) is 1.09. The van der Waals surface area contributed by atoms with Gasteiger partial charge in [-0.2, -0.15) is 0 Å². The molecule has 6 heteroatoms. The highest BCUT2D eigenvalue weighted by Crippen LogP contribution is 2.28. The zero-order valence-electron chi connectivity index (χ0n) is 14.7. The van der Waals surface area contributed by atoms with Crippen LogP contribution in [0.1, 0.15) is 27.4 Å². The number of rotatable bonds is 6. The van der Waals surface area contributed by atoms with E-state index >= 15 is 0 Å². The molecule has 0 aliphatic carbocycles. The predicted octanol–water partition coefficient (Wildman–Crippen LogP) is 3.98. The number of hydrogen-bond donors (Lipinski definition) is 2. The maximum Gasteiger partial charge on any atom is 0.327 e. The van der Waals surface area contributed by atoms with Crippen molar-refractivity contribution in [1.29, 1.82) is 0 Å². The Hall–Kier alpha value is -3.54. The molecule has 3 rings (SSSR count).